The van der Waals surface area contributed by atoms with E-state index in [1.165, 1.54) is 0 Å². The van der Waals surface area contributed by atoms with Crippen molar-refractivity contribution in [2.45, 2.75) is 5.60 Å². The highest BCUT2D eigenvalue weighted by molar-refractivity contribution is 9.10. The summed E-state index contributed by atoms with van der Waals surface area (Å²) in [7, 11) is 0. The fraction of sp³-hybridized carbons (Fsp3) is 0.0400. The van der Waals surface area contributed by atoms with Crippen LogP contribution in [0, 0.1) is 0 Å². The van der Waals surface area contributed by atoms with Gasteiger partial charge in [-0.2, -0.15) is 0 Å². The zero-order valence-corrected chi connectivity index (χ0v) is 16.1. The van der Waals surface area contributed by atoms with Crippen LogP contribution in [0.25, 0.3) is 22.3 Å². The summed E-state index contributed by atoms with van der Waals surface area (Å²) < 4.78 is 0.903. The van der Waals surface area contributed by atoms with Crippen LogP contribution in [0.5, 0.6) is 0 Å². The second-order valence-electron chi connectivity index (χ2n) is 6.86. The predicted molar refractivity (Wildman–Crippen MR) is 114 cm³/mol. The average molecular weight is 413 g/mol. The monoisotopic (exact) mass is 412 g/mol. The number of benzene rings is 4. The molecular weight excluding hydrogens is 396 g/mol. The predicted octanol–water partition coefficient (Wildman–Crippen LogP) is 6.38. The van der Waals surface area contributed by atoms with Gasteiger partial charge in [0.05, 0.1) is 0 Å². The van der Waals surface area contributed by atoms with E-state index < -0.39 is 5.60 Å². The van der Waals surface area contributed by atoms with Gasteiger partial charge in [0.2, 0.25) is 0 Å². The van der Waals surface area contributed by atoms with E-state index in [1.54, 1.807) is 0 Å². The Labute approximate surface area is 167 Å². The normalized spacial score (nSPS) is 17.4. The van der Waals surface area contributed by atoms with Crippen molar-refractivity contribution in [1.29, 1.82) is 0 Å². The standard InChI is InChI=1S/C25H17BrO/c26-24-13-7-6-12-22(24)25(27)21-11-5-4-10-19(21)20-15-14-18(16-23(20)25)17-8-2-1-3-9-17/h1-16,27H. The van der Waals surface area contributed by atoms with E-state index in [-0.39, 0.29) is 0 Å². The Bertz CT molecular complexity index is 1150. The summed E-state index contributed by atoms with van der Waals surface area (Å²) in [5, 5.41) is 12.1. The molecule has 1 nitrogen and oxygen atoms in total. The fourth-order valence-electron chi connectivity index (χ4n) is 4.11. The van der Waals surface area contributed by atoms with Crippen LogP contribution in [-0.2, 0) is 5.60 Å². The van der Waals surface area contributed by atoms with Crippen molar-refractivity contribution in [3.05, 3.63) is 118 Å². The minimum absolute atomic E-state index is 0.862. The molecule has 1 N–H and O–H groups in total. The van der Waals surface area contributed by atoms with E-state index in [4.69, 9.17) is 0 Å². The van der Waals surface area contributed by atoms with Gasteiger partial charge in [0, 0.05) is 21.2 Å². The Kier molecular flexibility index (Phi) is 3.78. The first-order valence-corrected chi connectivity index (χ1v) is 9.76. The van der Waals surface area contributed by atoms with Gasteiger partial charge in [-0.25, -0.2) is 0 Å². The van der Waals surface area contributed by atoms with Crippen LogP contribution in [0.1, 0.15) is 16.7 Å². The summed E-state index contributed by atoms with van der Waals surface area (Å²) in [5.74, 6) is 0. The molecule has 27 heavy (non-hydrogen) atoms. The molecule has 0 aromatic heterocycles. The first-order chi connectivity index (χ1) is 13.2. The molecule has 0 amide bonds. The van der Waals surface area contributed by atoms with Gasteiger partial charge < -0.3 is 5.11 Å². The van der Waals surface area contributed by atoms with Gasteiger partial charge in [0.15, 0.2) is 0 Å². The smallest absolute Gasteiger partial charge is 0.142 e. The molecule has 1 unspecified atom stereocenters. The fourth-order valence-corrected chi connectivity index (χ4v) is 4.68. The van der Waals surface area contributed by atoms with E-state index in [9.17, 15) is 5.11 Å². The van der Waals surface area contributed by atoms with Crippen LogP contribution < -0.4 is 0 Å². The van der Waals surface area contributed by atoms with E-state index in [1.807, 2.05) is 60.7 Å². The quantitative estimate of drug-likeness (QED) is 0.404. The number of rotatable bonds is 2. The second-order valence-corrected chi connectivity index (χ2v) is 7.72. The zero-order chi connectivity index (χ0) is 18.4. The zero-order valence-electron chi connectivity index (χ0n) is 14.6. The summed E-state index contributed by atoms with van der Waals surface area (Å²) in [6.07, 6.45) is 0. The van der Waals surface area contributed by atoms with Gasteiger partial charge in [0.1, 0.15) is 5.60 Å². The lowest BCUT2D eigenvalue weighted by atomic mass is 9.83. The lowest BCUT2D eigenvalue weighted by Crippen LogP contribution is -2.26. The molecule has 2 heteroatoms. The van der Waals surface area contributed by atoms with Crippen molar-refractivity contribution < 1.29 is 5.11 Å². The maximum atomic E-state index is 12.1. The van der Waals surface area contributed by atoms with Gasteiger partial charge in [-0.05, 0) is 34.4 Å². The molecule has 1 atom stereocenters. The van der Waals surface area contributed by atoms with Crippen LogP contribution in [-0.4, -0.2) is 5.11 Å². The first kappa shape index (κ1) is 16.5. The van der Waals surface area contributed by atoms with Crippen molar-refractivity contribution >= 4 is 15.9 Å². The highest BCUT2D eigenvalue weighted by Gasteiger charge is 2.44. The molecule has 4 aromatic rings. The number of hydrogen-bond donors (Lipinski definition) is 1. The summed E-state index contributed by atoms with van der Waals surface area (Å²) in [5.41, 5.74) is 5.96. The van der Waals surface area contributed by atoms with Gasteiger partial charge >= 0.3 is 0 Å². The topological polar surface area (TPSA) is 20.2 Å². The molecule has 0 spiro atoms. The minimum atomic E-state index is -1.18. The van der Waals surface area contributed by atoms with Crippen molar-refractivity contribution in [1.82, 2.24) is 0 Å². The van der Waals surface area contributed by atoms with E-state index in [0.717, 1.165) is 43.4 Å². The number of aliphatic hydroxyl groups is 1. The van der Waals surface area contributed by atoms with Crippen LogP contribution in [0.2, 0.25) is 0 Å². The van der Waals surface area contributed by atoms with Crippen molar-refractivity contribution in [3.63, 3.8) is 0 Å². The van der Waals surface area contributed by atoms with Gasteiger partial charge in [0.25, 0.3) is 0 Å². The van der Waals surface area contributed by atoms with Gasteiger partial charge in [-0.15, -0.1) is 0 Å². The Hall–Kier alpha value is -2.68. The van der Waals surface area contributed by atoms with Crippen LogP contribution >= 0.6 is 15.9 Å². The molecule has 4 aromatic carbocycles. The summed E-state index contributed by atoms with van der Waals surface area (Å²) in [6, 6.07) is 32.7. The summed E-state index contributed by atoms with van der Waals surface area (Å²) >= 11 is 3.65. The molecule has 0 saturated heterocycles. The Balaban J connectivity index is 1.82. The Morgan fingerprint density at radius 1 is 0.556 bits per heavy atom. The van der Waals surface area contributed by atoms with Crippen molar-refractivity contribution in [2.75, 3.05) is 0 Å². The molecule has 5 rings (SSSR count). The molecule has 0 fully saturated rings. The highest BCUT2D eigenvalue weighted by Crippen LogP contribution is 2.52. The van der Waals surface area contributed by atoms with Gasteiger partial charge in [-0.3, -0.25) is 0 Å². The third-order valence-electron chi connectivity index (χ3n) is 5.39. The Morgan fingerprint density at radius 2 is 1.19 bits per heavy atom. The summed E-state index contributed by atoms with van der Waals surface area (Å²) in [4.78, 5) is 0. The second kappa shape index (κ2) is 6.19. The molecule has 0 heterocycles. The van der Waals surface area contributed by atoms with Crippen LogP contribution in [0.3, 0.4) is 0 Å². The van der Waals surface area contributed by atoms with E-state index in [2.05, 4.69) is 52.3 Å². The average Bonchev–Trinajstić information content (AvgIpc) is 2.98. The van der Waals surface area contributed by atoms with Crippen LogP contribution in [0.15, 0.2) is 102 Å². The van der Waals surface area contributed by atoms with E-state index in [0.29, 0.717) is 0 Å². The Morgan fingerprint density at radius 3 is 1.96 bits per heavy atom. The van der Waals surface area contributed by atoms with Crippen molar-refractivity contribution in [2.24, 2.45) is 0 Å². The van der Waals surface area contributed by atoms with Crippen LogP contribution in [0.4, 0.5) is 0 Å². The molecule has 0 bridgehead atoms. The SMILES string of the molecule is OC1(c2ccccc2Br)c2ccccc2-c2ccc(-c3ccccc3)cc21. The van der Waals surface area contributed by atoms with Gasteiger partial charge in [-0.1, -0.05) is 101 Å². The number of halogens is 1. The third-order valence-corrected chi connectivity index (χ3v) is 6.08. The molecule has 1 aliphatic carbocycles. The largest absolute Gasteiger partial charge is 0.376 e. The number of hydrogen-bond acceptors (Lipinski definition) is 1. The van der Waals surface area contributed by atoms with E-state index >= 15 is 0 Å². The maximum absolute atomic E-state index is 12.1. The third kappa shape index (κ3) is 2.41. The lowest BCUT2D eigenvalue weighted by Gasteiger charge is -2.28. The molecular formula is C25H17BrO. The maximum Gasteiger partial charge on any atom is 0.142 e. The minimum Gasteiger partial charge on any atom is -0.376 e. The summed E-state index contributed by atoms with van der Waals surface area (Å²) in [6.45, 7) is 0. The molecule has 0 radical (unpaired) electrons. The van der Waals surface area contributed by atoms with Crippen molar-refractivity contribution in [3.8, 4) is 22.3 Å². The molecule has 0 saturated carbocycles. The molecule has 1 aliphatic rings. The number of fused-ring (bicyclic) bond motifs is 3. The lowest BCUT2D eigenvalue weighted by molar-refractivity contribution is 0.130. The first-order valence-electron chi connectivity index (χ1n) is 8.97. The molecule has 130 valence electrons. The molecule has 0 aliphatic heterocycles. The highest BCUT2D eigenvalue weighted by atomic mass is 79.9.